The van der Waals surface area contributed by atoms with Crippen molar-refractivity contribution in [3.63, 3.8) is 0 Å². The van der Waals surface area contributed by atoms with Crippen LogP contribution in [0.2, 0.25) is 0 Å². The van der Waals surface area contributed by atoms with Gasteiger partial charge in [-0.1, -0.05) is 31.6 Å². The predicted octanol–water partition coefficient (Wildman–Crippen LogP) is 3.54. The Kier molecular flexibility index (Phi) is 9.28. The second kappa shape index (κ2) is 10.0. The van der Waals surface area contributed by atoms with Crippen LogP contribution in [0.4, 0.5) is 0 Å². The van der Waals surface area contributed by atoms with Crippen LogP contribution in [-0.2, 0) is 4.79 Å². The zero-order chi connectivity index (χ0) is 10.6. The van der Waals surface area contributed by atoms with E-state index in [9.17, 15) is 4.79 Å². The monoisotopic (exact) mass is 196 g/mol. The molecule has 0 bridgehead atoms. The molecule has 0 fully saturated rings. The molecule has 0 rings (SSSR count). The van der Waals surface area contributed by atoms with Gasteiger partial charge in [0.25, 0.3) is 0 Å². The molecule has 1 N–H and O–H groups in total. The van der Waals surface area contributed by atoms with Crippen molar-refractivity contribution < 1.29 is 9.90 Å². The van der Waals surface area contributed by atoms with Crippen LogP contribution >= 0.6 is 0 Å². The highest BCUT2D eigenvalue weighted by Gasteiger charge is 1.86. The van der Waals surface area contributed by atoms with Crippen molar-refractivity contribution >= 4 is 5.97 Å². The highest BCUT2D eigenvalue weighted by molar-refractivity contribution is 5.79. The van der Waals surface area contributed by atoms with Crippen LogP contribution in [0.5, 0.6) is 0 Å². The summed E-state index contributed by atoms with van der Waals surface area (Å²) in [5.41, 5.74) is 0. The van der Waals surface area contributed by atoms with Gasteiger partial charge in [-0.25, -0.2) is 4.79 Å². The molecule has 0 amide bonds. The van der Waals surface area contributed by atoms with Gasteiger partial charge < -0.3 is 5.11 Å². The third kappa shape index (κ3) is 11.0. The zero-order valence-electron chi connectivity index (χ0n) is 8.91. The number of carboxylic acid groups (broad SMARTS) is 1. The van der Waals surface area contributed by atoms with Crippen LogP contribution in [0.3, 0.4) is 0 Å². The standard InChI is InChI=1S/C12H20O2/c1-2-3-4-5-6-7-8-9-10-11-12(13)14/h4-5,10-11H,2-3,6-9H2,1H3,(H,13,14)/b5-4-,11-10-. The van der Waals surface area contributed by atoms with E-state index in [2.05, 4.69) is 19.1 Å². The molecule has 80 valence electrons. The summed E-state index contributed by atoms with van der Waals surface area (Å²) in [6, 6.07) is 0. The van der Waals surface area contributed by atoms with E-state index in [0.717, 1.165) is 25.7 Å². The summed E-state index contributed by atoms with van der Waals surface area (Å²) in [5, 5.41) is 8.32. The first-order chi connectivity index (χ1) is 6.77. The van der Waals surface area contributed by atoms with E-state index in [0.29, 0.717) is 0 Å². The maximum atomic E-state index is 10.1. The van der Waals surface area contributed by atoms with Crippen LogP contribution in [0, 0.1) is 0 Å². The third-order valence-electron chi connectivity index (χ3n) is 1.87. The number of allylic oxidation sites excluding steroid dienone is 3. The molecule has 0 spiro atoms. The smallest absolute Gasteiger partial charge is 0.327 e. The lowest BCUT2D eigenvalue weighted by Gasteiger charge is -1.92. The number of rotatable bonds is 8. The van der Waals surface area contributed by atoms with Crippen LogP contribution in [0.15, 0.2) is 24.3 Å². The van der Waals surface area contributed by atoms with Gasteiger partial charge in [-0.2, -0.15) is 0 Å². The topological polar surface area (TPSA) is 37.3 Å². The van der Waals surface area contributed by atoms with Gasteiger partial charge in [0.05, 0.1) is 0 Å². The number of carbonyl (C=O) groups is 1. The number of aliphatic carboxylic acids is 1. The first-order valence-corrected chi connectivity index (χ1v) is 5.31. The van der Waals surface area contributed by atoms with Crippen molar-refractivity contribution in [1.29, 1.82) is 0 Å². The maximum Gasteiger partial charge on any atom is 0.327 e. The minimum Gasteiger partial charge on any atom is -0.478 e. The van der Waals surface area contributed by atoms with Gasteiger partial charge in [-0.15, -0.1) is 0 Å². The highest BCUT2D eigenvalue weighted by Crippen LogP contribution is 2.02. The van der Waals surface area contributed by atoms with Crippen LogP contribution in [0.1, 0.15) is 45.4 Å². The average molecular weight is 196 g/mol. The zero-order valence-corrected chi connectivity index (χ0v) is 8.91. The van der Waals surface area contributed by atoms with Crippen molar-refractivity contribution in [3.8, 4) is 0 Å². The third-order valence-corrected chi connectivity index (χ3v) is 1.87. The molecule has 2 heteroatoms. The molecule has 0 aliphatic carbocycles. The molecule has 0 aromatic rings. The molecule has 2 nitrogen and oxygen atoms in total. The molecule has 0 saturated carbocycles. The second-order valence-electron chi connectivity index (χ2n) is 3.29. The van der Waals surface area contributed by atoms with E-state index >= 15 is 0 Å². The summed E-state index contributed by atoms with van der Waals surface area (Å²) in [4.78, 5) is 10.1. The van der Waals surface area contributed by atoms with Gasteiger partial charge >= 0.3 is 5.97 Å². The molecule has 0 saturated heterocycles. The Morgan fingerprint density at radius 1 is 1.07 bits per heavy atom. The SMILES string of the molecule is CCC/C=C\CCCC/C=C\C(=O)O. The normalized spacial score (nSPS) is 11.5. The first-order valence-electron chi connectivity index (χ1n) is 5.31. The lowest BCUT2D eigenvalue weighted by Crippen LogP contribution is -1.85. The van der Waals surface area contributed by atoms with E-state index in [4.69, 9.17) is 5.11 Å². The van der Waals surface area contributed by atoms with Crippen molar-refractivity contribution in [2.24, 2.45) is 0 Å². The van der Waals surface area contributed by atoms with E-state index in [1.165, 1.54) is 18.9 Å². The van der Waals surface area contributed by atoms with Crippen molar-refractivity contribution in [1.82, 2.24) is 0 Å². The molecule has 0 aliphatic rings. The number of hydrogen-bond donors (Lipinski definition) is 1. The molecule has 0 aromatic carbocycles. The summed E-state index contributed by atoms with van der Waals surface area (Å²) in [6.45, 7) is 2.17. The lowest BCUT2D eigenvalue weighted by atomic mass is 10.1. The molecular weight excluding hydrogens is 176 g/mol. The van der Waals surface area contributed by atoms with Gasteiger partial charge in [0.15, 0.2) is 0 Å². The summed E-state index contributed by atoms with van der Waals surface area (Å²) in [7, 11) is 0. The average Bonchev–Trinajstić information content (AvgIpc) is 2.15. The molecule has 0 aromatic heterocycles. The molecule has 0 aliphatic heterocycles. The van der Waals surface area contributed by atoms with E-state index in [-0.39, 0.29) is 0 Å². The quantitative estimate of drug-likeness (QED) is 0.366. The number of hydrogen-bond acceptors (Lipinski definition) is 1. The molecule has 0 unspecified atom stereocenters. The number of unbranched alkanes of at least 4 members (excludes halogenated alkanes) is 4. The Labute approximate surface area is 86.3 Å². The lowest BCUT2D eigenvalue weighted by molar-refractivity contribution is -0.131. The predicted molar refractivity (Wildman–Crippen MR) is 59.3 cm³/mol. The van der Waals surface area contributed by atoms with E-state index in [1.54, 1.807) is 6.08 Å². The molecule has 0 atom stereocenters. The van der Waals surface area contributed by atoms with Crippen molar-refractivity contribution in [2.75, 3.05) is 0 Å². The van der Waals surface area contributed by atoms with Gasteiger partial charge in [-0.3, -0.25) is 0 Å². The minimum atomic E-state index is -0.854. The summed E-state index contributed by atoms with van der Waals surface area (Å²) in [6.07, 6.45) is 13.9. The largest absolute Gasteiger partial charge is 0.478 e. The Bertz CT molecular complexity index is 192. The fourth-order valence-electron chi connectivity index (χ4n) is 1.11. The van der Waals surface area contributed by atoms with Gasteiger partial charge in [0.1, 0.15) is 0 Å². The number of carboxylic acids is 1. The van der Waals surface area contributed by atoms with Gasteiger partial charge in [0, 0.05) is 6.08 Å². The van der Waals surface area contributed by atoms with Crippen LogP contribution in [-0.4, -0.2) is 11.1 Å². The second-order valence-corrected chi connectivity index (χ2v) is 3.29. The maximum absolute atomic E-state index is 10.1. The fourth-order valence-corrected chi connectivity index (χ4v) is 1.11. The van der Waals surface area contributed by atoms with Crippen LogP contribution < -0.4 is 0 Å². The van der Waals surface area contributed by atoms with E-state index in [1.807, 2.05) is 0 Å². The molecular formula is C12H20O2. The van der Waals surface area contributed by atoms with Gasteiger partial charge in [-0.05, 0) is 32.1 Å². The van der Waals surface area contributed by atoms with Gasteiger partial charge in [0.2, 0.25) is 0 Å². The Hall–Kier alpha value is -1.05. The Morgan fingerprint density at radius 2 is 1.64 bits per heavy atom. The highest BCUT2D eigenvalue weighted by atomic mass is 16.4. The molecule has 0 heterocycles. The molecule has 0 radical (unpaired) electrons. The summed E-state index contributed by atoms with van der Waals surface area (Å²) >= 11 is 0. The van der Waals surface area contributed by atoms with Crippen molar-refractivity contribution in [3.05, 3.63) is 24.3 Å². The first kappa shape index (κ1) is 12.9. The Balaban J connectivity index is 3.17. The van der Waals surface area contributed by atoms with Crippen LogP contribution in [0.25, 0.3) is 0 Å². The van der Waals surface area contributed by atoms with E-state index < -0.39 is 5.97 Å². The fraction of sp³-hybridized carbons (Fsp3) is 0.583. The summed E-state index contributed by atoms with van der Waals surface area (Å²) < 4.78 is 0. The minimum absolute atomic E-state index is 0.854. The summed E-state index contributed by atoms with van der Waals surface area (Å²) in [5.74, 6) is -0.854. The Morgan fingerprint density at radius 3 is 2.21 bits per heavy atom. The van der Waals surface area contributed by atoms with Crippen molar-refractivity contribution in [2.45, 2.75) is 45.4 Å². The molecule has 14 heavy (non-hydrogen) atoms.